The Morgan fingerprint density at radius 1 is 1.16 bits per heavy atom. The molecule has 2 aliphatic rings. The van der Waals surface area contributed by atoms with Crippen LogP contribution in [0.25, 0.3) is 11.0 Å². The predicted molar refractivity (Wildman–Crippen MR) is 122 cm³/mol. The van der Waals surface area contributed by atoms with E-state index in [1.165, 1.54) is 25.7 Å². The van der Waals surface area contributed by atoms with Gasteiger partial charge in [0.1, 0.15) is 5.75 Å². The Bertz CT molecular complexity index is 1120. The molecule has 3 aromatic rings. The lowest BCUT2D eigenvalue weighted by atomic mass is 9.91. The number of nitriles is 1. The summed E-state index contributed by atoms with van der Waals surface area (Å²) in [6, 6.07) is 10.0. The normalized spacial score (nSPS) is 17.5. The summed E-state index contributed by atoms with van der Waals surface area (Å²) in [5.74, 6) is 2.37. The van der Waals surface area contributed by atoms with Crippen LogP contribution in [0.3, 0.4) is 0 Å². The summed E-state index contributed by atoms with van der Waals surface area (Å²) in [7, 11) is 0. The zero-order valence-corrected chi connectivity index (χ0v) is 18.7. The maximum atomic E-state index is 9.07. The molecule has 5 rings (SSSR count). The number of aromatic nitrogens is 2. The smallest absolute Gasteiger partial charge is 0.173 e. The van der Waals surface area contributed by atoms with Gasteiger partial charge in [0.25, 0.3) is 0 Å². The SMILES string of the molecule is Cc1c(OCC2CC2)ccc2c(CCC3CCN(Cc4cc(C#N)ccn4)CC3)noc12. The third-order valence-electron chi connectivity index (χ3n) is 6.91. The second kappa shape index (κ2) is 9.30. The second-order valence-electron chi connectivity index (χ2n) is 9.35. The minimum absolute atomic E-state index is 0.682. The van der Waals surface area contributed by atoms with Gasteiger partial charge in [0, 0.05) is 23.7 Å². The molecule has 0 atom stereocenters. The molecule has 3 heterocycles. The average molecular weight is 431 g/mol. The number of piperidine rings is 1. The van der Waals surface area contributed by atoms with Gasteiger partial charge in [0.15, 0.2) is 5.58 Å². The van der Waals surface area contributed by atoms with E-state index in [1.54, 1.807) is 12.3 Å². The first-order valence-electron chi connectivity index (χ1n) is 11.8. The first-order valence-corrected chi connectivity index (χ1v) is 11.8. The standard InChI is InChI=1S/C26H30N4O2/c1-18-25(31-17-20-2-3-20)7-5-23-24(29-32-26(18)23)6-4-19-9-12-30(13-10-19)16-22-14-21(15-27)8-11-28-22/h5,7-8,11,14,19-20H,2-4,6,9-10,12-13,16-17H2,1H3. The molecule has 0 unspecified atom stereocenters. The number of likely N-dealkylation sites (tertiary alicyclic amines) is 1. The van der Waals surface area contributed by atoms with Crippen molar-refractivity contribution < 1.29 is 9.26 Å². The molecule has 1 aliphatic carbocycles. The first kappa shape index (κ1) is 21.0. The van der Waals surface area contributed by atoms with Gasteiger partial charge in [-0.2, -0.15) is 5.26 Å². The van der Waals surface area contributed by atoms with E-state index >= 15 is 0 Å². The van der Waals surface area contributed by atoms with Gasteiger partial charge in [-0.1, -0.05) is 5.16 Å². The zero-order valence-electron chi connectivity index (χ0n) is 18.7. The molecule has 1 aliphatic heterocycles. The van der Waals surface area contributed by atoms with Crippen molar-refractivity contribution in [3.8, 4) is 11.8 Å². The molecule has 1 aromatic carbocycles. The van der Waals surface area contributed by atoms with E-state index in [0.717, 1.165) is 78.7 Å². The van der Waals surface area contributed by atoms with Gasteiger partial charge in [-0.3, -0.25) is 9.88 Å². The quantitative estimate of drug-likeness (QED) is 0.499. The van der Waals surface area contributed by atoms with E-state index in [4.69, 9.17) is 14.5 Å². The van der Waals surface area contributed by atoms with Crippen LogP contribution in [0.1, 0.15) is 54.6 Å². The summed E-state index contributed by atoms with van der Waals surface area (Å²) in [6.45, 7) is 5.84. The fourth-order valence-corrected chi connectivity index (χ4v) is 4.63. The maximum absolute atomic E-state index is 9.07. The minimum Gasteiger partial charge on any atom is -0.493 e. The Morgan fingerprint density at radius 2 is 2.00 bits per heavy atom. The maximum Gasteiger partial charge on any atom is 0.173 e. The molecule has 1 saturated carbocycles. The number of fused-ring (bicyclic) bond motifs is 1. The van der Waals surface area contributed by atoms with Crippen molar-refractivity contribution in [2.24, 2.45) is 11.8 Å². The highest BCUT2D eigenvalue weighted by molar-refractivity contribution is 5.84. The van der Waals surface area contributed by atoms with Gasteiger partial charge in [0.05, 0.1) is 29.6 Å². The van der Waals surface area contributed by atoms with Gasteiger partial charge >= 0.3 is 0 Å². The Kier molecular flexibility index (Phi) is 6.09. The molecule has 0 radical (unpaired) electrons. The van der Waals surface area contributed by atoms with E-state index in [1.807, 2.05) is 6.07 Å². The molecule has 0 amide bonds. The number of ether oxygens (including phenoxy) is 1. The lowest BCUT2D eigenvalue weighted by Crippen LogP contribution is -2.33. The molecule has 0 N–H and O–H groups in total. The van der Waals surface area contributed by atoms with Crippen LogP contribution in [-0.2, 0) is 13.0 Å². The molecule has 0 spiro atoms. The third-order valence-corrected chi connectivity index (χ3v) is 6.91. The Morgan fingerprint density at radius 3 is 2.78 bits per heavy atom. The highest BCUT2D eigenvalue weighted by Crippen LogP contribution is 2.34. The van der Waals surface area contributed by atoms with E-state index < -0.39 is 0 Å². The number of benzene rings is 1. The average Bonchev–Trinajstić information content (AvgIpc) is 3.56. The highest BCUT2D eigenvalue weighted by Gasteiger charge is 2.24. The number of rotatable bonds is 8. The number of aryl methyl sites for hydroxylation is 2. The van der Waals surface area contributed by atoms with Gasteiger partial charge in [-0.15, -0.1) is 0 Å². The van der Waals surface area contributed by atoms with Crippen LogP contribution < -0.4 is 4.74 Å². The molecule has 32 heavy (non-hydrogen) atoms. The minimum atomic E-state index is 0.682. The van der Waals surface area contributed by atoms with Gasteiger partial charge in [-0.05, 0) is 94.6 Å². The topological polar surface area (TPSA) is 75.2 Å². The van der Waals surface area contributed by atoms with Crippen LogP contribution in [0.2, 0.25) is 0 Å². The van der Waals surface area contributed by atoms with Crippen LogP contribution in [0, 0.1) is 30.1 Å². The molecule has 6 nitrogen and oxygen atoms in total. The van der Waals surface area contributed by atoms with Gasteiger partial charge in [0.2, 0.25) is 0 Å². The monoisotopic (exact) mass is 430 g/mol. The summed E-state index contributed by atoms with van der Waals surface area (Å²) in [4.78, 5) is 6.86. The summed E-state index contributed by atoms with van der Waals surface area (Å²) in [5.41, 5.74) is 4.66. The molecular formula is C26H30N4O2. The van der Waals surface area contributed by atoms with E-state index in [2.05, 4.69) is 40.2 Å². The first-order chi connectivity index (χ1) is 15.7. The highest BCUT2D eigenvalue weighted by atomic mass is 16.5. The third kappa shape index (κ3) is 4.78. The molecule has 2 fully saturated rings. The summed E-state index contributed by atoms with van der Waals surface area (Å²) in [5, 5.41) is 14.6. The van der Waals surface area contributed by atoms with Crippen LogP contribution in [-0.4, -0.2) is 34.7 Å². The van der Waals surface area contributed by atoms with E-state index in [9.17, 15) is 0 Å². The number of nitrogens with zero attached hydrogens (tertiary/aromatic N) is 4. The summed E-state index contributed by atoms with van der Waals surface area (Å²) < 4.78 is 11.7. The van der Waals surface area contributed by atoms with Gasteiger partial charge < -0.3 is 9.26 Å². The van der Waals surface area contributed by atoms with Crippen molar-refractivity contribution >= 4 is 11.0 Å². The Hall–Kier alpha value is -2.91. The molecule has 166 valence electrons. The van der Waals surface area contributed by atoms with Crippen LogP contribution >= 0.6 is 0 Å². The molecule has 6 heteroatoms. The van der Waals surface area contributed by atoms with Crippen LogP contribution in [0.15, 0.2) is 35.0 Å². The van der Waals surface area contributed by atoms with Crippen molar-refractivity contribution in [3.05, 3.63) is 53.0 Å². The number of hydrogen-bond donors (Lipinski definition) is 0. The number of pyridine rings is 1. The number of hydrogen-bond acceptors (Lipinski definition) is 6. The largest absolute Gasteiger partial charge is 0.493 e. The predicted octanol–water partition coefficient (Wildman–Crippen LogP) is 5.04. The van der Waals surface area contributed by atoms with E-state index in [-0.39, 0.29) is 0 Å². The molecule has 1 saturated heterocycles. The lowest BCUT2D eigenvalue weighted by molar-refractivity contribution is 0.170. The van der Waals surface area contributed by atoms with E-state index in [0.29, 0.717) is 11.5 Å². The van der Waals surface area contributed by atoms with Crippen LogP contribution in [0.4, 0.5) is 0 Å². The molecule has 0 bridgehead atoms. The fraction of sp³-hybridized carbons (Fsp3) is 0.500. The Balaban J connectivity index is 1.13. The van der Waals surface area contributed by atoms with Crippen molar-refractivity contribution in [2.75, 3.05) is 19.7 Å². The van der Waals surface area contributed by atoms with Crippen molar-refractivity contribution in [3.63, 3.8) is 0 Å². The second-order valence-corrected chi connectivity index (χ2v) is 9.35. The Labute approximate surface area is 189 Å². The van der Waals surface area contributed by atoms with Crippen molar-refractivity contribution in [1.82, 2.24) is 15.0 Å². The van der Waals surface area contributed by atoms with Crippen LogP contribution in [0.5, 0.6) is 5.75 Å². The summed E-state index contributed by atoms with van der Waals surface area (Å²) in [6.07, 6.45) is 8.77. The zero-order chi connectivity index (χ0) is 21.9. The molecular weight excluding hydrogens is 400 g/mol. The van der Waals surface area contributed by atoms with Gasteiger partial charge in [-0.25, -0.2) is 0 Å². The van der Waals surface area contributed by atoms with Crippen molar-refractivity contribution in [1.29, 1.82) is 5.26 Å². The lowest BCUT2D eigenvalue weighted by Gasteiger charge is -2.31. The van der Waals surface area contributed by atoms with Crippen molar-refractivity contribution in [2.45, 2.75) is 52.0 Å². The molecule has 2 aromatic heterocycles. The fourth-order valence-electron chi connectivity index (χ4n) is 4.63. The summed E-state index contributed by atoms with van der Waals surface area (Å²) >= 11 is 0.